The molecule has 1 nitrogen and oxygen atoms in total. The van der Waals surface area contributed by atoms with Gasteiger partial charge in [-0.3, -0.25) is 0 Å². The standard InChI is InChI=1S/C11H14O/c1-7-5-9-6-10(12)3-4-11(9)8(7)2/h3-4,6-8,12H,5H2,1-2H3/t7-,8-/m1/s1. The number of fused-ring (bicyclic) bond motifs is 1. The van der Waals surface area contributed by atoms with Gasteiger partial charge in [-0.25, -0.2) is 0 Å². The highest BCUT2D eigenvalue weighted by molar-refractivity contribution is 5.40. The van der Waals surface area contributed by atoms with Gasteiger partial charge < -0.3 is 5.11 Å². The van der Waals surface area contributed by atoms with Gasteiger partial charge in [0.2, 0.25) is 0 Å². The molecule has 0 unspecified atom stereocenters. The van der Waals surface area contributed by atoms with E-state index in [1.165, 1.54) is 11.1 Å². The minimum absolute atomic E-state index is 0.398. The zero-order chi connectivity index (χ0) is 8.72. The van der Waals surface area contributed by atoms with Crippen LogP contribution in [0.4, 0.5) is 0 Å². The Hall–Kier alpha value is -0.980. The van der Waals surface area contributed by atoms with Crippen molar-refractivity contribution in [3.05, 3.63) is 29.3 Å². The van der Waals surface area contributed by atoms with Crippen LogP contribution in [0, 0.1) is 5.92 Å². The molecule has 1 aliphatic carbocycles. The third-order valence-corrected chi connectivity index (χ3v) is 3.01. The Bertz CT molecular complexity index is 304. The molecule has 1 aromatic rings. The Morgan fingerprint density at radius 1 is 1.33 bits per heavy atom. The second-order valence-corrected chi connectivity index (χ2v) is 3.85. The van der Waals surface area contributed by atoms with E-state index in [-0.39, 0.29) is 0 Å². The third-order valence-electron chi connectivity index (χ3n) is 3.01. The normalized spacial score (nSPS) is 27.2. The summed E-state index contributed by atoms with van der Waals surface area (Å²) in [5.41, 5.74) is 2.75. The maximum atomic E-state index is 9.27. The van der Waals surface area contributed by atoms with Crippen LogP contribution in [0.3, 0.4) is 0 Å². The van der Waals surface area contributed by atoms with E-state index in [0.717, 1.165) is 12.3 Å². The number of aromatic hydroxyl groups is 1. The number of hydrogen-bond donors (Lipinski definition) is 1. The maximum Gasteiger partial charge on any atom is 0.115 e. The summed E-state index contributed by atoms with van der Waals surface area (Å²) < 4.78 is 0. The van der Waals surface area contributed by atoms with Crippen molar-refractivity contribution in [2.75, 3.05) is 0 Å². The molecule has 0 radical (unpaired) electrons. The smallest absolute Gasteiger partial charge is 0.115 e. The minimum atomic E-state index is 0.398. The first-order chi connectivity index (χ1) is 5.68. The van der Waals surface area contributed by atoms with Crippen molar-refractivity contribution in [3.63, 3.8) is 0 Å². The summed E-state index contributed by atoms with van der Waals surface area (Å²) in [5.74, 6) is 1.78. The lowest BCUT2D eigenvalue weighted by Gasteiger charge is -2.08. The number of phenols is 1. The van der Waals surface area contributed by atoms with Crippen molar-refractivity contribution >= 4 is 0 Å². The van der Waals surface area contributed by atoms with E-state index >= 15 is 0 Å². The zero-order valence-corrected chi connectivity index (χ0v) is 7.54. The van der Waals surface area contributed by atoms with Crippen molar-refractivity contribution in [3.8, 4) is 5.75 Å². The second kappa shape index (κ2) is 2.51. The molecule has 12 heavy (non-hydrogen) atoms. The van der Waals surface area contributed by atoms with E-state index in [0.29, 0.717) is 11.7 Å². The molecule has 1 N–H and O–H groups in total. The summed E-state index contributed by atoms with van der Waals surface area (Å²) in [4.78, 5) is 0. The molecule has 0 aliphatic heterocycles. The van der Waals surface area contributed by atoms with E-state index in [9.17, 15) is 5.11 Å². The number of hydrogen-bond acceptors (Lipinski definition) is 1. The van der Waals surface area contributed by atoms with Gasteiger partial charge in [-0.15, -0.1) is 0 Å². The molecule has 0 fully saturated rings. The summed E-state index contributed by atoms with van der Waals surface area (Å²) in [5, 5.41) is 9.27. The molecular formula is C11H14O. The molecule has 0 saturated heterocycles. The largest absolute Gasteiger partial charge is 0.508 e. The van der Waals surface area contributed by atoms with Crippen molar-refractivity contribution < 1.29 is 5.11 Å². The fraction of sp³-hybridized carbons (Fsp3) is 0.455. The van der Waals surface area contributed by atoms with Crippen molar-refractivity contribution in [2.24, 2.45) is 5.92 Å². The van der Waals surface area contributed by atoms with Crippen molar-refractivity contribution in [1.82, 2.24) is 0 Å². The Labute approximate surface area is 73.0 Å². The average Bonchev–Trinajstić information content (AvgIpc) is 2.28. The molecule has 0 amide bonds. The van der Waals surface area contributed by atoms with Crippen LogP contribution in [0.5, 0.6) is 5.75 Å². The van der Waals surface area contributed by atoms with Crippen LogP contribution < -0.4 is 0 Å². The number of rotatable bonds is 0. The van der Waals surface area contributed by atoms with Crippen LogP contribution in [0.2, 0.25) is 0 Å². The van der Waals surface area contributed by atoms with E-state index in [2.05, 4.69) is 19.9 Å². The first-order valence-corrected chi connectivity index (χ1v) is 4.50. The van der Waals surface area contributed by atoms with Gasteiger partial charge in [0.15, 0.2) is 0 Å². The molecule has 0 saturated carbocycles. The molecule has 1 aliphatic rings. The summed E-state index contributed by atoms with van der Waals surface area (Å²) in [6.07, 6.45) is 1.12. The van der Waals surface area contributed by atoms with Gasteiger partial charge >= 0.3 is 0 Å². The third kappa shape index (κ3) is 1.01. The van der Waals surface area contributed by atoms with Gasteiger partial charge in [0.05, 0.1) is 0 Å². The Morgan fingerprint density at radius 2 is 2.08 bits per heavy atom. The summed E-state index contributed by atoms with van der Waals surface area (Å²) in [6.45, 7) is 4.52. The van der Waals surface area contributed by atoms with E-state index in [4.69, 9.17) is 0 Å². The fourth-order valence-electron chi connectivity index (χ4n) is 2.04. The van der Waals surface area contributed by atoms with Crippen LogP contribution in [0.15, 0.2) is 18.2 Å². The monoisotopic (exact) mass is 162 g/mol. The first-order valence-electron chi connectivity index (χ1n) is 4.50. The zero-order valence-electron chi connectivity index (χ0n) is 7.54. The SMILES string of the molecule is C[C@@H]1Cc2cc(O)ccc2[C@@H]1C. The van der Waals surface area contributed by atoms with Crippen molar-refractivity contribution in [2.45, 2.75) is 26.2 Å². The van der Waals surface area contributed by atoms with Gasteiger partial charge in [0.1, 0.15) is 5.75 Å². The number of benzene rings is 1. The van der Waals surface area contributed by atoms with Crippen LogP contribution in [0.25, 0.3) is 0 Å². The quantitative estimate of drug-likeness (QED) is 0.621. The molecule has 0 aromatic heterocycles. The molecule has 0 bridgehead atoms. The molecule has 64 valence electrons. The molecular weight excluding hydrogens is 148 g/mol. The lowest BCUT2D eigenvalue weighted by Crippen LogP contribution is -1.97. The summed E-state index contributed by atoms with van der Waals surface area (Å²) in [6, 6.07) is 5.74. The minimum Gasteiger partial charge on any atom is -0.508 e. The predicted molar refractivity (Wildman–Crippen MR) is 49.4 cm³/mol. The molecule has 0 spiro atoms. The highest BCUT2D eigenvalue weighted by Gasteiger charge is 2.25. The molecule has 0 heterocycles. The lowest BCUT2D eigenvalue weighted by molar-refractivity contribution is 0.474. The fourth-order valence-corrected chi connectivity index (χ4v) is 2.04. The first kappa shape index (κ1) is 7.66. The topological polar surface area (TPSA) is 20.2 Å². The van der Waals surface area contributed by atoms with E-state index in [1.54, 1.807) is 6.07 Å². The van der Waals surface area contributed by atoms with Crippen LogP contribution in [-0.4, -0.2) is 5.11 Å². The van der Waals surface area contributed by atoms with Crippen LogP contribution in [0.1, 0.15) is 30.9 Å². The van der Waals surface area contributed by atoms with Crippen LogP contribution >= 0.6 is 0 Å². The Balaban J connectivity index is 2.47. The Morgan fingerprint density at radius 3 is 2.83 bits per heavy atom. The van der Waals surface area contributed by atoms with Gasteiger partial charge in [0, 0.05) is 0 Å². The molecule has 1 heteroatoms. The van der Waals surface area contributed by atoms with E-state index in [1.807, 2.05) is 6.07 Å². The molecule has 1 aromatic carbocycles. The highest BCUT2D eigenvalue weighted by atomic mass is 16.3. The maximum absolute atomic E-state index is 9.27. The summed E-state index contributed by atoms with van der Waals surface area (Å²) >= 11 is 0. The number of phenolic OH excluding ortho intramolecular Hbond substituents is 1. The highest BCUT2D eigenvalue weighted by Crippen LogP contribution is 2.38. The molecule has 2 atom stereocenters. The average molecular weight is 162 g/mol. The van der Waals surface area contributed by atoms with Gasteiger partial charge in [-0.2, -0.15) is 0 Å². The van der Waals surface area contributed by atoms with Crippen molar-refractivity contribution in [1.29, 1.82) is 0 Å². The van der Waals surface area contributed by atoms with E-state index < -0.39 is 0 Å². The van der Waals surface area contributed by atoms with Gasteiger partial charge in [-0.1, -0.05) is 19.9 Å². The second-order valence-electron chi connectivity index (χ2n) is 3.85. The predicted octanol–water partition coefficient (Wildman–Crippen LogP) is 2.69. The molecule has 2 rings (SSSR count). The van der Waals surface area contributed by atoms with Gasteiger partial charge in [-0.05, 0) is 41.5 Å². The van der Waals surface area contributed by atoms with Gasteiger partial charge in [0.25, 0.3) is 0 Å². The van der Waals surface area contributed by atoms with Crippen LogP contribution in [-0.2, 0) is 6.42 Å². The summed E-state index contributed by atoms with van der Waals surface area (Å²) in [7, 11) is 0. The Kier molecular flexibility index (Phi) is 1.60. The lowest BCUT2D eigenvalue weighted by atomic mass is 9.97.